The Balaban J connectivity index is 1.30. The van der Waals surface area contributed by atoms with Crippen LogP contribution in [0.3, 0.4) is 0 Å². The molecule has 45 heavy (non-hydrogen) atoms. The van der Waals surface area contributed by atoms with Gasteiger partial charge in [-0.2, -0.15) is 0 Å². The number of anilines is 1. The predicted octanol–water partition coefficient (Wildman–Crippen LogP) is 2.51. The van der Waals surface area contributed by atoms with E-state index in [-0.39, 0.29) is 42.5 Å². The highest BCUT2D eigenvalue weighted by Crippen LogP contribution is 2.37. The highest BCUT2D eigenvalue weighted by Gasteiger charge is 2.36. The first-order valence-corrected chi connectivity index (χ1v) is 15.1. The molecule has 2 fully saturated rings. The number of carboxylic acid groups (broad SMARTS) is 1. The largest absolute Gasteiger partial charge is 0.465 e. The second kappa shape index (κ2) is 12.8. The summed E-state index contributed by atoms with van der Waals surface area (Å²) in [6.07, 6.45) is -0.765. The van der Waals surface area contributed by atoms with Crippen molar-refractivity contribution < 1.29 is 34.3 Å². The third-order valence-electron chi connectivity index (χ3n) is 9.01. The number of benzene rings is 3. The van der Waals surface area contributed by atoms with E-state index in [2.05, 4.69) is 9.80 Å². The van der Waals surface area contributed by atoms with Crippen molar-refractivity contribution in [3.05, 3.63) is 80.9 Å². The van der Waals surface area contributed by atoms with Gasteiger partial charge in [0.25, 0.3) is 11.6 Å². The molecule has 0 bridgehead atoms. The molecule has 3 heterocycles. The Kier molecular flexibility index (Phi) is 8.65. The van der Waals surface area contributed by atoms with E-state index in [0.717, 1.165) is 29.5 Å². The predicted molar refractivity (Wildman–Crippen MR) is 164 cm³/mol. The number of nitro groups is 1. The SMILES string of the molecule is O=C1Cc2cc(N3CCN(C(=O)O)C(Cc4ccc(CO)c([N+](=O)[O-])c4)C3)c3ccccc3c2C(=O)N1CCN1CCOCC1. The summed E-state index contributed by atoms with van der Waals surface area (Å²) in [7, 11) is 0. The maximum absolute atomic E-state index is 13.8. The third-order valence-corrected chi connectivity index (χ3v) is 9.01. The van der Waals surface area contributed by atoms with E-state index in [9.17, 15) is 34.7 Å². The summed E-state index contributed by atoms with van der Waals surface area (Å²) in [4.78, 5) is 57.3. The van der Waals surface area contributed by atoms with Crippen LogP contribution in [-0.2, 0) is 29.0 Å². The molecule has 3 aromatic rings. The molecule has 13 heteroatoms. The molecule has 13 nitrogen and oxygen atoms in total. The number of nitro benzene ring substituents is 1. The van der Waals surface area contributed by atoms with Crippen molar-refractivity contribution in [2.75, 3.05) is 63.9 Å². The summed E-state index contributed by atoms with van der Waals surface area (Å²) in [5, 5.41) is 32.6. The average molecular weight is 618 g/mol. The standard InChI is InChI=1S/C32H35N5O8/c38-20-22-6-5-21(16-27(22)37(43)44)15-24-19-34(8-10-35(24)32(41)42)28-17-23-18-29(39)36(9-7-33-11-13-45-14-12-33)31(40)30(23)26-4-2-1-3-25(26)28/h1-6,16-17,24,38H,7-15,18-20H2,(H,41,42). The maximum atomic E-state index is 13.8. The Labute approximate surface area is 259 Å². The van der Waals surface area contributed by atoms with Gasteiger partial charge in [0.2, 0.25) is 5.91 Å². The van der Waals surface area contributed by atoms with E-state index in [4.69, 9.17) is 4.74 Å². The molecular weight excluding hydrogens is 582 g/mol. The van der Waals surface area contributed by atoms with Crippen LogP contribution in [0.15, 0.2) is 48.5 Å². The first-order chi connectivity index (χ1) is 21.7. The van der Waals surface area contributed by atoms with E-state index < -0.39 is 23.7 Å². The van der Waals surface area contributed by atoms with Gasteiger partial charge in [-0.1, -0.05) is 30.3 Å². The van der Waals surface area contributed by atoms with Crippen LogP contribution in [-0.4, -0.2) is 113 Å². The smallest absolute Gasteiger partial charge is 0.407 e. The lowest BCUT2D eigenvalue weighted by Gasteiger charge is -2.42. The molecule has 1 atom stereocenters. The number of hydrogen-bond donors (Lipinski definition) is 2. The number of morpholine rings is 1. The summed E-state index contributed by atoms with van der Waals surface area (Å²) in [6, 6.07) is 13.5. The zero-order valence-corrected chi connectivity index (χ0v) is 24.8. The van der Waals surface area contributed by atoms with E-state index >= 15 is 0 Å². The molecule has 1 unspecified atom stereocenters. The van der Waals surface area contributed by atoms with Crippen LogP contribution >= 0.6 is 0 Å². The summed E-state index contributed by atoms with van der Waals surface area (Å²) in [6.45, 7) is 4.12. The lowest BCUT2D eigenvalue weighted by Crippen LogP contribution is -2.56. The van der Waals surface area contributed by atoms with Crippen LogP contribution < -0.4 is 4.90 Å². The second-order valence-electron chi connectivity index (χ2n) is 11.6. The van der Waals surface area contributed by atoms with Gasteiger partial charge in [0, 0.05) is 63.0 Å². The molecule has 0 saturated carbocycles. The van der Waals surface area contributed by atoms with Crippen molar-refractivity contribution in [3.63, 3.8) is 0 Å². The van der Waals surface area contributed by atoms with Crippen LogP contribution in [0.5, 0.6) is 0 Å². The van der Waals surface area contributed by atoms with Crippen LogP contribution in [0.4, 0.5) is 16.2 Å². The van der Waals surface area contributed by atoms with E-state index in [0.29, 0.717) is 56.1 Å². The first kappa shape index (κ1) is 30.4. The quantitative estimate of drug-likeness (QED) is 0.219. The van der Waals surface area contributed by atoms with E-state index in [1.54, 1.807) is 6.07 Å². The Morgan fingerprint density at radius 3 is 2.47 bits per heavy atom. The lowest BCUT2D eigenvalue weighted by molar-refractivity contribution is -0.385. The molecule has 2 saturated heterocycles. The van der Waals surface area contributed by atoms with Gasteiger partial charge in [0.15, 0.2) is 0 Å². The Morgan fingerprint density at radius 1 is 1.00 bits per heavy atom. The number of rotatable bonds is 8. The molecule has 0 radical (unpaired) electrons. The molecule has 0 spiro atoms. The molecule has 0 aliphatic carbocycles. The van der Waals surface area contributed by atoms with E-state index in [1.165, 1.54) is 21.9 Å². The number of fused-ring (bicyclic) bond motifs is 3. The summed E-state index contributed by atoms with van der Waals surface area (Å²) >= 11 is 0. The fourth-order valence-corrected chi connectivity index (χ4v) is 6.68. The number of carbonyl (C=O) groups excluding carboxylic acids is 2. The molecule has 0 aromatic heterocycles. The molecule has 6 rings (SSSR count). The number of ether oxygens (including phenoxy) is 1. The van der Waals surface area contributed by atoms with Gasteiger partial charge in [-0.25, -0.2) is 4.79 Å². The van der Waals surface area contributed by atoms with Crippen LogP contribution in [0.2, 0.25) is 0 Å². The van der Waals surface area contributed by atoms with Crippen LogP contribution in [0.1, 0.15) is 27.0 Å². The number of amides is 3. The Hall–Kier alpha value is -4.59. The molecule has 3 aliphatic rings. The summed E-state index contributed by atoms with van der Waals surface area (Å²) < 4.78 is 5.41. The van der Waals surface area contributed by atoms with Gasteiger partial charge in [-0.3, -0.25) is 29.5 Å². The number of piperazine rings is 1. The number of nitrogens with zero attached hydrogens (tertiary/aromatic N) is 5. The number of carbonyl (C=O) groups is 3. The van der Waals surface area contributed by atoms with Gasteiger partial charge in [-0.15, -0.1) is 0 Å². The summed E-state index contributed by atoms with van der Waals surface area (Å²) in [5.41, 5.74) is 2.54. The average Bonchev–Trinajstić information content (AvgIpc) is 3.04. The van der Waals surface area contributed by atoms with E-state index in [1.807, 2.05) is 30.3 Å². The monoisotopic (exact) mass is 617 g/mol. The van der Waals surface area contributed by atoms with Crippen molar-refractivity contribution in [2.24, 2.45) is 0 Å². The minimum absolute atomic E-state index is 0.0847. The van der Waals surface area contributed by atoms with Gasteiger partial charge in [-0.05, 0) is 35.1 Å². The molecular formula is C32H35N5O8. The maximum Gasteiger partial charge on any atom is 0.407 e. The fourth-order valence-electron chi connectivity index (χ4n) is 6.68. The highest BCUT2D eigenvalue weighted by atomic mass is 16.6. The lowest BCUT2D eigenvalue weighted by atomic mass is 9.90. The number of aliphatic hydroxyl groups is 1. The minimum Gasteiger partial charge on any atom is -0.465 e. The number of imide groups is 1. The van der Waals surface area contributed by atoms with Crippen molar-refractivity contribution in [2.45, 2.75) is 25.5 Å². The normalized spacial score (nSPS) is 19.2. The van der Waals surface area contributed by atoms with Crippen molar-refractivity contribution in [1.29, 1.82) is 0 Å². The molecule has 2 N–H and O–H groups in total. The molecule has 236 valence electrons. The van der Waals surface area contributed by atoms with Gasteiger partial charge >= 0.3 is 6.09 Å². The highest BCUT2D eigenvalue weighted by molar-refractivity contribution is 6.18. The first-order valence-electron chi connectivity index (χ1n) is 15.1. The number of aliphatic hydroxyl groups excluding tert-OH is 1. The van der Waals surface area contributed by atoms with Crippen molar-refractivity contribution in [1.82, 2.24) is 14.7 Å². The van der Waals surface area contributed by atoms with Crippen molar-refractivity contribution in [3.8, 4) is 0 Å². The topological polar surface area (TPSA) is 157 Å². The Bertz CT molecular complexity index is 1660. The van der Waals surface area contributed by atoms with Gasteiger partial charge < -0.3 is 24.7 Å². The van der Waals surface area contributed by atoms with Crippen LogP contribution in [0.25, 0.3) is 10.8 Å². The molecule has 3 amide bonds. The van der Waals surface area contributed by atoms with Gasteiger partial charge in [0.05, 0.1) is 48.3 Å². The van der Waals surface area contributed by atoms with Crippen LogP contribution in [0, 0.1) is 10.1 Å². The number of hydrogen-bond acceptors (Lipinski definition) is 9. The zero-order chi connectivity index (χ0) is 31.7. The third kappa shape index (κ3) is 6.06. The minimum atomic E-state index is -1.08. The van der Waals surface area contributed by atoms with Gasteiger partial charge in [0.1, 0.15) is 0 Å². The van der Waals surface area contributed by atoms with Crippen molar-refractivity contribution >= 4 is 40.1 Å². The second-order valence-corrected chi connectivity index (χ2v) is 11.6. The molecule has 3 aliphatic heterocycles. The zero-order valence-electron chi connectivity index (χ0n) is 24.8. The molecule has 3 aromatic carbocycles. The summed E-state index contributed by atoms with van der Waals surface area (Å²) in [5.74, 6) is -0.553. The Morgan fingerprint density at radius 2 is 1.76 bits per heavy atom. The fraction of sp³-hybridized carbons (Fsp3) is 0.406.